The molecular formula is C11H17ClO. The quantitative estimate of drug-likeness (QED) is 0.492. The number of hydrogen-bond acceptors (Lipinski definition) is 1. The number of allylic oxidation sites excluding steroid dienone is 2. The summed E-state index contributed by atoms with van der Waals surface area (Å²) in [4.78, 5) is 0. The van der Waals surface area contributed by atoms with Gasteiger partial charge in [-0.2, -0.15) is 0 Å². The zero-order valence-electron chi connectivity index (χ0n) is 7.97. The summed E-state index contributed by atoms with van der Waals surface area (Å²) in [6, 6.07) is 0. The van der Waals surface area contributed by atoms with Gasteiger partial charge in [-0.3, -0.25) is 0 Å². The van der Waals surface area contributed by atoms with E-state index >= 15 is 0 Å². The molecule has 0 aromatic carbocycles. The molecule has 2 unspecified atom stereocenters. The monoisotopic (exact) mass is 200 g/mol. The molecule has 0 amide bonds. The molecule has 13 heavy (non-hydrogen) atoms. The van der Waals surface area contributed by atoms with Crippen LogP contribution in [-0.4, -0.2) is 18.6 Å². The van der Waals surface area contributed by atoms with E-state index in [1.54, 1.807) is 5.57 Å². The van der Waals surface area contributed by atoms with E-state index < -0.39 is 0 Å². The van der Waals surface area contributed by atoms with E-state index in [-0.39, 0.29) is 0 Å². The van der Waals surface area contributed by atoms with Crippen molar-refractivity contribution in [3.05, 3.63) is 11.6 Å². The molecule has 1 aliphatic carbocycles. The van der Waals surface area contributed by atoms with Gasteiger partial charge in [0.05, 0.1) is 5.38 Å². The summed E-state index contributed by atoms with van der Waals surface area (Å²) in [5.41, 5.74) is 1.57. The average molecular weight is 201 g/mol. The summed E-state index contributed by atoms with van der Waals surface area (Å²) in [5, 5.41) is 0.297. The Morgan fingerprint density at radius 1 is 1.46 bits per heavy atom. The van der Waals surface area contributed by atoms with Crippen LogP contribution in [0.25, 0.3) is 0 Å². The smallest absolute Gasteiger partial charge is 0.0518 e. The minimum absolute atomic E-state index is 0.297. The van der Waals surface area contributed by atoms with E-state index in [1.165, 1.54) is 25.7 Å². The molecule has 1 fully saturated rings. The molecule has 0 aromatic heterocycles. The fourth-order valence-electron chi connectivity index (χ4n) is 2.23. The maximum absolute atomic E-state index is 6.09. The average Bonchev–Trinajstić information content (AvgIpc) is 2.57. The van der Waals surface area contributed by atoms with Crippen LogP contribution in [0.1, 0.15) is 32.1 Å². The van der Waals surface area contributed by atoms with Crippen molar-refractivity contribution in [3.8, 4) is 0 Å². The van der Waals surface area contributed by atoms with Crippen molar-refractivity contribution in [1.29, 1.82) is 0 Å². The molecule has 74 valence electrons. The Labute approximate surface area is 85.1 Å². The second-order valence-corrected chi connectivity index (χ2v) is 4.73. The van der Waals surface area contributed by atoms with Crippen molar-refractivity contribution in [1.82, 2.24) is 0 Å². The molecule has 0 N–H and O–H groups in total. The third-order valence-electron chi connectivity index (χ3n) is 2.97. The highest BCUT2D eigenvalue weighted by Crippen LogP contribution is 2.29. The minimum Gasteiger partial charge on any atom is -0.381 e. The van der Waals surface area contributed by atoms with Crippen molar-refractivity contribution in [3.63, 3.8) is 0 Å². The van der Waals surface area contributed by atoms with Crippen molar-refractivity contribution >= 4 is 11.6 Å². The zero-order chi connectivity index (χ0) is 9.10. The van der Waals surface area contributed by atoms with Gasteiger partial charge in [-0.1, -0.05) is 11.6 Å². The van der Waals surface area contributed by atoms with E-state index in [0.717, 1.165) is 25.6 Å². The number of rotatable bonds is 2. The molecule has 2 atom stereocenters. The van der Waals surface area contributed by atoms with Crippen LogP contribution in [0, 0.1) is 5.92 Å². The fourth-order valence-corrected chi connectivity index (χ4v) is 2.56. The second-order valence-electron chi connectivity index (χ2n) is 4.17. The van der Waals surface area contributed by atoms with Gasteiger partial charge in [0.15, 0.2) is 0 Å². The third kappa shape index (κ3) is 2.72. The molecule has 0 saturated carbocycles. The first-order chi connectivity index (χ1) is 6.34. The van der Waals surface area contributed by atoms with Crippen molar-refractivity contribution < 1.29 is 4.74 Å². The van der Waals surface area contributed by atoms with Gasteiger partial charge in [0.25, 0.3) is 0 Å². The summed E-state index contributed by atoms with van der Waals surface area (Å²) in [5.74, 6) is 0.771. The lowest BCUT2D eigenvalue weighted by atomic mass is 9.91. The lowest BCUT2D eigenvalue weighted by molar-refractivity contribution is 0.185. The molecule has 2 heteroatoms. The lowest BCUT2D eigenvalue weighted by Crippen LogP contribution is -2.07. The van der Waals surface area contributed by atoms with E-state index in [4.69, 9.17) is 16.3 Å². The molecular weight excluding hydrogens is 184 g/mol. The highest BCUT2D eigenvalue weighted by Gasteiger charge is 2.19. The number of hydrogen-bond donors (Lipinski definition) is 0. The first-order valence-corrected chi connectivity index (χ1v) is 5.69. The summed E-state index contributed by atoms with van der Waals surface area (Å²) in [7, 11) is 0. The minimum atomic E-state index is 0.297. The number of ether oxygens (including phenoxy) is 1. The van der Waals surface area contributed by atoms with Crippen LogP contribution in [0.3, 0.4) is 0 Å². The Morgan fingerprint density at radius 2 is 2.38 bits per heavy atom. The molecule has 1 nitrogen and oxygen atoms in total. The highest BCUT2D eigenvalue weighted by atomic mass is 35.5. The topological polar surface area (TPSA) is 9.23 Å². The van der Waals surface area contributed by atoms with Crippen LogP contribution < -0.4 is 0 Å². The molecule has 0 bridgehead atoms. The Bertz CT molecular complexity index is 194. The van der Waals surface area contributed by atoms with Crippen LogP contribution in [-0.2, 0) is 4.74 Å². The Hall–Kier alpha value is -0.0100. The van der Waals surface area contributed by atoms with Crippen LogP contribution >= 0.6 is 11.6 Å². The summed E-state index contributed by atoms with van der Waals surface area (Å²) in [6.45, 7) is 1.92. The maximum atomic E-state index is 6.09. The molecule has 0 radical (unpaired) electrons. The number of halogens is 1. The van der Waals surface area contributed by atoms with Crippen molar-refractivity contribution in [2.75, 3.05) is 13.2 Å². The first-order valence-electron chi connectivity index (χ1n) is 5.26. The molecule has 1 heterocycles. The third-order valence-corrected chi connectivity index (χ3v) is 3.31. The Balaban J connectivity index is 1.85. The fraction of sp³-hybridized carbons (Fsp3) is 0.818. The van der Waals surface area contributed by atoms with E-state index in [9.17, 15) is 0 Å². The van der Waals surface area contributed by atoms with Gasteiger partial charge < -0.3 is 4.74 Å². The molecule has 1 aliphatic heterocycles. The summed E-state index contributed by atoms with van der Waals surface area (Å²) < 4.78 is 5.37. The normalized spacial score (nSPS) is 34.7. The van der Waals surface area contributed by atoms with Gasteiger partial charge >= 0.3 is 0 Å². The molecule has 2 rings (SSSR count). The maximum Gasteiger partial charge on any atom is 0.0518 e. The van der Waals surface area contributed by atoms with Crippen LogP contribution in [0.4, 0.5) is 0 Å². The van der Waals surface area contributed by atoms with Gasteiger partial charge in [-0.15, -0.1) is 11.6 Å². The van der Waals surface area contributed by atoms with Crippen LogP contribution in [0.5, 0.6) is 0 Å². The SMILES string of the molecule is ClC1C=C(CC2CCOC2)CCC1. The molecule has 0 spiro atoms. The lowest BCUT2D eigenvalue weighted by Gasteiger charge is -2.18. The summed E-state index contributed by atoms with van der Waals surface area (Å²) in [6.07, 6.45) is 8.43. The Morgan fingerprint density at radius 3 is 3.08 bits per heavy atom. The van der Waals surface area contributed by atoms with Gasteiger partial charge in [-0.05, 0) is 38.0 Å². The summed E-state index contributed by atoms with van der Waals surface area (Å²) >= 11 is 6.09. The van der Waals surface area contributed by atoms with E-state index in [2.05, 4.69) is 6.08 Å². The molecule has 2 aliphatic rings. The zero-order valence-corrected chi connectivity index (χ0v) is 8.72. The van der Waals surface area contributed by atoms with Gasteiger partial charge in [0.1, 0.15) is 0 Å². The van der Waals surface area contributed by atoms with Crippen molar-refractivity contribution in [2.45, 2.75) is 37.5 Å². The van der Waals surface area contributed by atoms with Gasteiger partial charge in [0.2, 0.25) is 0 Å². The largest absolute Gasteiger partial charge is 0.381 e. The van der Waals surface area contributed by atoms with Crippen LogP contribution in [0.15, 0.2) is 11.6 Å². The van der Waals surface area contributed by atoms with Gasteiger partial charge in [-0.25, -0.2) is 0 Å². The first kappa shape index (κ1) is 9.54. The Kier molecular flexibility index (Phi) is 3.28. The molecule has 0 aromatic rings. The second kappa shape index (κ2) is 4.47. The van der Waals surface area contributed by atoms with E-state index in [0.29, 0.717) is 5.38 Å². The highest BCUT2D eigenvalue weighted by molar-refractivity contribution is 6.21. The van der Waals surface area contributed by atoms with Crippen molar-refractivity contribution in [2.24, 2.45) is 5.92 Å². The van der Waals surface area contributed by atoms with Crippen LogP contribution in [0.2, 0.25) is 0 Å². The number of alkyl halides is 1. The van der Waals surface area contributed by atoms with E-state index in [1.807, 2.05) is 0 Å². The molecule has 1 saturated heterocycles. The van der Waals surface area contributed by atoms with Gasteiger partial charge in [0, 0.05) is 13.2 Å². The standard InChI is InChI=1S/C11H17ClO/c12-11-3-1-2-9(7-11)6-10-4-5-13-8-10/h7,10-11H,1-6,8H2. The predicted molar refractivity (Wildman–Crippen MR) is 55.1 cm³/mol. The predicted octanol–water partition coefficient (Wildman–Crippen LogP) is 3.13.